The molecule has 0 unspecified atom stereocenters. The van der Waals surface area contributed by atoms with Gasteiger partial charge < -0.3 is 5.32 Å². The molecule has 2 rings (SSSR count). The molecule has 0 saturated heterocycles. The first-order valence-corrected chi connectivity index (χ1v) is 5.86. The Hall–Kier alpha value is -2.24. The van der Waals surface area contributed by atoms with Gasteiger partial charge in [0, 0.05) is 11.1 Å². The third-order valence-electron chi connectivity index (χ3n) is 2.76. The van der Waals surface area contributed by atoms with Crippen LogP contribution in [0.25, 0.3) is 0 Å². The van der Waals surface area contributed by atoms with Crippen LogP contribution in [0.5, 0.6) is 0 Å². The number of carbonyl (C=O) groups excluding carboxylic acids is 1. The highest BCUT2D eigenvalue weighted by Gasteiger charge is 2.14. The van der Waals surface area contributed by atoms with E-state index >= 15 is 0 Å². The van der Waals surface area contributed by atoms with E-state index in [9.17, 15) is 13.6 Å². The number of nitrogens with one attached hydrogen (secondary N) is 2. The molecule has 2 aromatic rings. The lowest BCUT2D eigenvalue weighted by Gasteiger charge is -2.06. The molecular formula is C13H13F2N3O. The summed E-state index contributed by atoms with van der Waals surface area (Å²) in [6, 6.07) is 3.51. The van der Waals surface area contributed by atoms with E-state index in [0.29, 0.717) is 12.2 Å². The minimum absolute atomic E-state index is 0.238. The highest BCUT2D eigenvalue weighted by molar-refractivity contribution is 5.92. The zero-order valence-corrected chi connectivity index (χ0v) is 10.3. The second kappa shape index (κ2) is 5.60. The van der Waals surface area contributed by atoms with E-state index in [1.807, 2.05) is 6.92 Å². The number of hydrogen-bond donors (Lipinski definition) is 2. The summed E-state index contributed by atoms with van der Waals surface area (Å²) in [5, 5.41) is 8.99. The molecule has 0 aliphatic heterocycles. The van der Waals surface area contributed by atoms with E-state index in [2.05, 4.69) is 15.5 Å². The Balaban J connectivity index is 2.10. The molecule has 100 valence electrons. The highest BCUT2D eigenvalue weighted by atomic mass is 19.1. The van der Waals surface area contributed by atoms with E-state index in [0.717, 1.165) is 17.7 Å². The minimum atomic E-state index is -0.726. The average Bonchev–Trinajstić information content (AvgIpc) is 2.81. The van der Waals surface area contributed by atoms with Crippen molar-refractivity contribution in [3.8, 4) is 0 Å². The summed E-state index contributed by atoms with van der Waals surface area (Å²) in [7, 11) is 0. The molecule has 19 heavy (non-hydrogen) atoms. The molecule has 1 amide bonds. The van der Waals surface area contributed by atoms with Gasteiger partial charge in [-0.05, 0) is 18.6 Å². The molecular weight excluding hydrogens is 252 g/mol. The van der Waals surface area contributed by atoms with Gasteiger partial charge in [0.1, 0.15) is 17.5 Å². The number of aromatic nitrogens is 2. The summed E-state index contributed by atoms with van der Waals surface area (Å²) in [6.45, 7) is 1.91. The lowest BCUT2D eigenvalue weighted by molar-refractivity contribution is -0.115. The minimum Gasteiger partial charge on any atom is -0.311 e. The first kappa shape index (κ1) is 13.2. The van der Waals surface area contributed by atoms with Gasteiger partial charge in [-0.25, -0.2) is 8.78 Å². The molecule has 1 heterocycles. The van der Waals surface area contributed by atoms with Crippen molar-refractivity contribution in [3.63, 3.8) is 0 Å². The molecule has 0 aliphatic rings. The molecule has 2 N–H and O–H groups in total. The standard InChI is InChI=1S/C13H13F2N3O/c1-2-8-7-16-18-13(8)17-12(19)6-9-10(14)4-3-5-11(9)15/h3-5,7H,2,6H2,1H3,(H2,16,17,18,19). The van der Waals surface area contributed by atoms with E-state index < -0.39 is 17.5 Å². The SMILES string of the molecule is CCc1cn[nH]c1NC(=O)Cc1c(F)cccc1F. The fraction of sp³-hybridized carbons (Fsp3) is 0.231. The van der Waals surface area contributed by atoms with Crippen LogP contribution in [-0.4, -0.2) is 16.1 Å². The zero-order valence-electron chi connectivity index (χ0n) is 10.3. The van der Waals surface area contributed by atoms with Crippen LogP contribution in [-0.2, 0) is 17.6 Å². The number of anilines is 1. The monoisotopic (exact) mass is 265 g/mol. The van der Waals surface area contributed by atoms with Crippen molar-refractivity contribution in [3.05, 3.63) is 47.2 Å². The highest BCUT2D eigenvalue weighted by Crippen LogP contribution is 2.15. The second-order valence-corrected chi connectivity index (χ2v) is 4.05. The third-order valence-corrected chi connectivity index (χ3v) is 2.76. The number of carbonyl (C=O) groups is 1. The van der Waals surface area contributed by atoms with Crippen molar-refractivity contribution in [2.75, 3.05) is 5.32 Å². The van der Waals surface area contributed by atoms with Crippen molar-refractivity contribution >= 4 is 11.7 Å². The number of hydrogen-bond acceptors (Lipinski definition) is 2. The van der Waals surface area contributed by atoms with Gasteiger partial charge in [-0.1, -0.05) is 13.0 Å². The molecule has 0 fully saturated rings. The molecule has 1 aromatic heterocycles. The van der Waals surface area contributed by atoms with E-state index in [1.165, 1.54) is 6.07 Å². The first-order valence-electron chi connectivity index (χ1n) is 5.86. The number of rotatable bonds is 4. The van der Waals surface area contributed by atoms with Crippen LogP contribution in [0.1, 0.15) is 18.1 Å². The lowest BCUT2D eigenvalue weighted by Crippen LogP contribution is -2.17. The molecule has 4 nitrogen and oxygen atoms in total. The van der Waals surface area contributed by atoms with Gasteiger partial charge in [0.15, 0.2) is 0 Å². The van der Waals surface area contributed by atoms with Crippen LogP contribution >= 0.6 is 0 Å². The number of benzene rings is 1. The van der Waals surface area contributed by atoms with Gasteiger partial charge in [0.25, 0.3) is 0 Å². The maximum Gasteiger partial charge on any atom is 0.230 e. The van der Waals surface area contributed by atoms with Crippen molar-refractivity contribution in [2.45, 2.75) is 19.8 Å². The number of nitrogens with zero attached hydrogens (tertiary/aromatic N) is 1. The topological polar surface area (TPSA) is 57.8 Å². The second-order valence-electron chi connectivity index (χ2n) is 4.05. The summed E-state index contributed by atoms with van der Waals surface area (Å²) in [6.07, 6.45) is 1.93. The van der Waals surface area contributed by atoms with Gasteiger partial charge in [-0.3, -0.25) is 9.89 Å². The van der Waals surface area contributed by atoms with E-state index in [-0.39, 0.29) is 12.0 Å². The van der Waals surface area contributed by atoms with Gasteiger partial charge in [-0.15, -0.1) is 0 Å². The summed E-state index contributed by atoms with van der Waals surface area (Å²) in [5.74, 6) is -1.49. The van der Waals surface area contributed by atoms with Crippen molar-refractivity contribution in [1.29, 1.82) is 0 Å². The van der Waals surface area contributed by atoms with Crippen LogP contribution in [0.15, 0.2) is 24.4 Å². The van der Waals surface area contributed by atoms with Gasteiger partial charge in [0.05, 0.1) is 12.6 Å². The number of amides is 1. The van der Waals surface area contributed by atoms with Crippen LogP contribution in [0, 0.1) is 11.6 Å². The Kier molecular flexibility index (Phi) is 3.89. The molecule has 0 saturated carbocycles. The first-order chi connectivity index (χ1) is 9.11. The predicted octanol–water partition coefficient (Wildman–Crippen LogP) is 2.43. The summed E-state index contributed by atoms with van der Waals surface area (Å²) < 4.78 is 26.8. The van der Waals surface area contributed by atoms with Crippen molar-refractivity contribution < 1.29 is 13.6 Å². The Morgan fingerprint density at radius 1 is 1.37 bits per heavy atom. The largest absolute Gasteiger partial charge is 0.311 e. The Bertz CT molecular complexity index is 575. The fourth-order valence-electron chi connectivity index (χ4n) is 1.73. The zero-order chi connectivity index (χ0) is 13.8. The number of halogens is 2. The molecule has 0 bridgehead atoms. The Morgan fingerprint density at radius 3 is 2.68 bits per heavy atom. The summed E-state index contributed by atoms with van der Waals surface area (Å²) in [4.78, 5) is 11.8. The van der Waals surface area contributed by atoms with Gasteiger partial charge in [-0.2, -0.15) is 5.10 Å². The smallest absolute Gasteiger partial charge is 0.230 e. The van der Waals surface area contributed by atoms with E-state index in [1.54, 1.807) is 6.20 Å². The Morgan fingerprint density at radius 2 is 2.05 bits per heavy atom. The number of H-pyrrole nitrogens is 1. The Labute approximate surface area is 108 Å². The van der Waals surface area contributed by atoms with Crippen LogP contribution in [0.2, 0.25) is 0 Å². The van der Waals surface area contributed by atoms with Crippen molar-refractivity contribution in [2.24, 2.45) is 0 Å². The molecule has 0 atom stereocenters. The van der Waals surface area contributed by atoms with Crippen LogP contribution < -0.4 is 5.32 Å². The van der Waals surface area contributed by atoms with E-state index in [4.69, 9.17) is 0 Å². The van der Waals surface area contributed by atoms with Gasteiger partial charge in [0.2, 0.25) is 5.91 Å². The molecule has 6 heteroatoms. The maximum absolute atomic E-state index is 13.4. The normalized spacial score (nSPS) is 10.5. The fourth-order valence-corrected chi connectivity index (χ4v) is 1.73. The summed E-state index contributed by atoms with van der Waals surface area (Å²) in [5.41, 5.74) is 0.597. The van der Waals surface area contributed by atoms with Crippen molar-refractivity contribution in [1.82, 2.24) is 10.2 Å². The predicted molar refractivity (Wildman–Crippen MR) is 66.7 cm³/mol. The number of aryl methyl sites for hydroxylation is 1. The van der Waals surface area contributed by atoms with Crippen LogP contribution in [0.3, 0.4) is 0 Å². The molecule has 0 spiro atoms. The molecule has 0 radical (unpaired) electrons. The quantitative estimate of drug-likeness (QED) is 0.892. The maximum atomic E-state index is 13.4. The molecule has 1 aromatic carbocycles. The van der Waals surface area contributed by atoms with Crippen LogP contribution in [0.4, 0.5) is 14.6 Å². The third kappa shape index (κ3) is 2.96. The lowest BCUT2D eigenvalue weighted by atomic mass is 10.1. The molecule has 0 aliphatic carbocycles. The number of aromatic amines is 1. The average molecular weight is 265 g/mol. The van der Waals surface area contributed by atoms with Gasteiger partial charge >= 0.3 is 0 Å². The summed E-state index contributed by atoms with van der Waals surface area (Å²) >= 11 is 0.